The molecule has 3 aromatic carbocycles. The highest BCUT2D eigenvalue weighted by molar-refractivity contribution is 6.16. The Morgan fingerprint density at radius 2 is 1.47 bits per heavy atom. The Kier molecular flexibility index (Phi) is 6.10. The lowest BCUT2D eigenvalue weighted by molar-refractivity contribution is 0.0999. The molecule has 0 saturated carbocycles. The molecule has 0 radical (unpaired) electrons. The Balaban J connectivity index is 1.41. The van der Waals surface area contributed by atoms with Gasteiger partial charge in [0.25, 0.3) is 11.8 Å². The summed E-state index contributed by atoms with van der Waals surface area (Å²) in [4.78, 5) is 26.2. The van der Waals surface area contributed by atoms with Crippen LogP contribution in [-0.4, -0.2) is 31.2 Å². The number of furan rings is 1. The predicted octanol–water partition coefficient (Wildman–Crippen LogP) is 5.61. The minimum atomic E-state index is -0.552. The molecule has 0 fully saturated rings. The molecular weight excluding hydrogens is 462 g/mol. The Labute approximate surface area is 205 Å². The highest BCUT2D eigenvalue weighted by Gasteiger charge is 2.24. The lowest BCUT2D eigenvalue weighted by Crippen LogP contribution is -2.17. The van der Waals surface area contributed by atoms with E-state index < -0.39 is 11.8 Å². The molecule has 2 aromatic heterocycles. The van der Waals surface area contributed by atoms with Crippen molar-refractivity contribution in [1.29, 1.82) is 0 Å². The SMILES string of the molecule is COc1ccc(NC(=O)c2oc3ccccc3c2NC(=O)c2cc(-c3ccc(OC)cc3)on2)cc1. The largest absolute Gasteiger partial charge is 0.497 e. The number of para-hydroxylation sites is 1. The van der Waals surface area contributed by atoms with Gasteiger partial charge < -0.3 is 29.0 Å². The molecule has 0 aliphatic carbocycles. The Bertz CT molecular complexity index is 1530. The van der Waals surface area contributed by atoms with Crippen molar-refractivity contribution in [3.63, 3.8) is 0 Å². The Morgan fingerprint density at radius 3 is 2.17 bits per heavy atom. The van der Waals surface area contributed by atoms with Gasteiger partial charge in [0.15, 0.2) is 11.5 Å². The third-order valence-electron chi connectivity index (χ3n) is 5.51. The van der Waals surface area contributed by atoms with E-state index in [1.807, 2.05) is 0 Å². The average Bonchev–Trinajstić information content (AvgIpc) is 3.55. The van der Waals surface area contributed by atoms with Crippen LogP contribution in [0.25, 0.3) is 22.3 Å². The number of amides is 2. The van der Waals surface area contributed by atoms with Gasteiger partial charge in [-0.05, 0) is 60.7 Å². The number of hydrogen-bond donors (Lipinski definition) is 2. The van der Waals surface area contributed by atoms with Gasteiger partial charge in [-0.25, -0.2) is 0 Å². The molecule has 2 N–H and O–H groups in total. The van der Waals surface area contributed by atoms with E-state index in [9.17, 15) is 9.59 Å². The number of nitrogens with zero attached hydrogens (tertiary/aromatic N) is 1. The highest BCUT2D eigenvalue weighted by Crippen LogP contribution is 2.32. The molecule has 0 spiro atoms. The fourth-order valence-corrected chi connectivity index (χ4v) is 3.64. The van der Waals surface area contributed by atoms with Gasteiger partial charge in [0, 0.05) is 22.7 Å². The summed E-state index contributed by atoms with van der Waals surface area (Å²) in [5, 5.41) is 10.0. The van der Waals surface area contributed by atoms with Crippen molar-refractivity contribution in [1.82, 2.24) is 5.16 Å². The van der Waals surface area contributed by atoms with Crippen molar-refractivity contribution in [3.8, 4) is 22.8 Å². The zero-order valence-corrected chi connectivity index (χ0v) is 19.4. The van der Waals surface area contributed by atoms with E-state index in [0.717, 1.165) is 5.56 Å². The first-order valence-electron chi connectivity index (χ1n) is 10.9. The van der Waals surface area contributed by atoms with Crippen LogP contribution in [-0.2, 0) is 0 Å². The number of anilines is 2. The second-order valence-electron chi connectivity index (χ2n) is 7.74. The maximum atomic E-state index is 13.1. The lowest BCUT2D eigenvalue weighted by atomic mass is 10.1. The molecule has 0 saturated heterocycles. The van der Waals surface area contributed by atoms with Gasteiger partial charge in [0.05, 0.1) is 14.2 Å². The molecular formula is C27H21N3O6. The third-order valence-corrected chi connectivity index (χ3v) is 5.51. The second kappa shape index (κ2) is 9.67. The summed E-state index contributed by atoms with van der Waals surface area (Å²) in [5.41, 5.74) is 2.00. The van der Waals surface area contributed by atoms with Crippen LogP contribution in [0.5, 0.6) is 11.5 Å². The van der Waals surface area contributed by atoms with Crippen molar-refractivity contribution >= 4 is 34.2 Å². The van der Waals surface area contributed by atoms with Gasteiger partial charge >= 0.3 is 0 Å². The zero-order chi connectivity index (χ0) is 25.1. The van der Waals surface area contributed by atoms with Crippen LogP contribution in [0.15, 0.2) is 87.8 Å². The molecule has 180 valence electrons. The molecule has 0 bridgehead atoms. The van der Waals surface area contributed by atoms with E-state index in [1.54, 1.807) is 87.0 Å². The summed E-state index contributed by atoms with van der Waals surface area (Å²) in [6.45, 7) is 0. The monoisotopic (exact) mass is 483 g/mol. The number of aromatic nitrogens is 1. The second-order valence-corrected chi connectivity index (χ2v) is 7.74. The molecule has 2 heterocycles. The molecule has 0 aliphatic heterocycles. The minimum absolute atomic E-state index is 0.0424. The maximum Gasteiger partial charge on any atom is 0.293 e. The van der Waals surface area contributed by atoms with Crippen LogP contribution in [0.2, 0.25) is 0 Å². The van der Waals surface area contributed by atoms with Crippen LogP contribution in [0.4, 0.5) is 11.4 Å². The number of carbonyl (C=O) groups is 2. The number of ether oxygens (including phenoxy) is 2. The van der Waals surface area contributed by atoms with Crippen molar-refractivity contribution in [2.75, 3.05) is 24.9 Å². The number of hydrogen-bond acceptors (Lipinski definition) is 7. The summed E-state index contributed by atoms with van der Waals surface area (Å²) in [6.07, 6.45) is 0. The van der Waals surface area contributed by atoms with E-state index in [-0.39, 0.29) is 17.1 Å². The van der Waals surface area contributed by atoms with Crippen molar-refractivity contribution in [2.24, 2.45) is 0 Å². The van der Waals surface area contributed by atoms with Gasteiger partial charge in [-0.15, -0.1) is 0 Å². The Morgan fingerprint density at radius 1 is 0.806 bits per heavy atom. The Hall–Kier alpha value is -5.05. The van der Waals surface area contributed by atoms with Gasteiger partial charge in [-0.3, -0.25) is 9.59 Å². The van der Waals surface area contributed by atoms with Gasteiger partial charge in [0.2, 0.25) is 5.76 Å². The minimum Gasteiger partial charge on any atom is -0.497 e. The van der Waals surface area contributed by atoms with E-state index in [0.29, 0.717) is 33.9 Å². The molecule has 5 aromatic rings. The summed E-state index contributed by atoms with van der Waals surface area (Å²) >= 11 is 0. The van der Waals surface area contributed by atoms with Crippen molar-refractivity contribution < 1.29 is 28.0 Å². The van der Waals surface area contributed by atoms with Crippen LogP contribution in [0, 0.1) is 0 Å². The quantitative estimate of drug-likeness (QED) is 0.309. The van der Waals surface area contributed by atoms with E-state index in [4.69, 9.17) is 18.4 Å². The van der Waals surface area contributed by atoms with Crippen LogP contribution < -0.4 is 20.1 Å². The van der Waals surface area contributed by atoms with Crippen LogP contribution >= 0.6 is 0 Å². The molecule has 36 heavy (non-hydrogen) atoms. The number of nitrogens with one attached hydrogen (secondary N) is 2. The molecule has 0 unspecified atom stereocenters. The maximum absolute atomic E-state index is 13.1. The smallest absolute Gasteiger partial charge is 0.293 e. The molecule has 2 amide bonds. The summed E-state index contributed by atoms with van der Waals surface area (Å²) in [5.74, 6) is 0.653. The van der Waals surface area contributed by atoms with Crippen LogP contribution in [0.1, 0.15) is 21.0 Å². The summed E-state index contributed by atoms with van der Waals surface area (Å²) in [6, 6.07) is 22.6. The summed E-state index contributed by atoms with van der Waals surface area (Å²) < 4.78 is 21.5. The molecule has 9 nitrogen and oxygen atoms in total. The van der Waals surface area contributed by atoms with Crippen LogP contribution in [0.3, 0.4) is 0 Å². The van der Waals surface area contributed by atoms with Gasteiger partial charge in [0.1, 0.15) is 22.8 Å². The third kappa shape index (κ3) is 4.49. The predicted molar refractivity (Wildman–Crippen MR) is 134 cm³/mol. The first kappa shape index (κ1) is 22.7. The zero-order valence-electron chi connectivity index (χ0n) is 19.4. The van der Waals surface area contributed by atoms with Gasteiger partial charge in [-0.2, -0.15) is 0 Å². The first-order chi connectivity index (χ1) is 17.6. The van der Waals surface area contributed by atoms with E-state index >= 15 is 0 Å². The van der Waals surface area contributed by atoms with E-state index in [2.05, 4.69) is 15.8 Å². The number of carbonyl (C=O) groups excluding carboxylic acids is 2. The molecule has 0 atom stereocenters. The number of rotatable bonds is 7. The number of fused-ring (bicyclic) bond motifs is 1. The molecule has 9 heteroatoms. The number of benzene rings is 3. The fourth-order valence-electron chi connectivity index (χ4n) is 3.64. The van der Waals surface area contributed by atoms with Crippen molar-refractivity contribution in [2.45, 2.75) is 0 Å². The average molecular weight is 483 g/mol. The topological polar surface area (TPSA) is 116 Å². The standard InChI is InChI=1S/C27H21N3O6/c1-33-18-11-7-16(8-12-18)23-15-21(30-36-23)26(31)29-24-20-5-3-4-6-22(20)35-25(24)27(32)28-17-9-13-19(34-2)14-10-17/h3-15H,1-2H3,(H,28,32)(H,29,31). The fraction of sp³-hybridized carbons (Fsp3) is 0.0741. The number of methoxy groups -OCH3 is 2. The van der Waals surface area contributed by atoms with E-state index in [1.165, 1.54) is 6.07 Å². The normalized spacial score (nSPS) is 10.7. The highest BCUT2D eigenvalue weighted by atomic mass is 16.5. The van der Waals surface area contributed by atoms with Crippen molar-refractivity contribution in [3.05, 3.63) is 90.3 Å². The first-order valence-corrected chi connectivity index (χ1v) is 10.9. The van der Waals surface area contributed by atoms with Gasteiger partial charge in [-0.1, -0.05) is 17.3 Å². The molecule has 0 aliphatic rings. The lowest BCUT2D eigenvalue weighted by Gasteiger charge is -2.07. The summed E-state index contributed by atoms with van der Waals surface area (Å²) in [7, 11) is 3.14. The molecule has 5 rings (SSSR count).